The zero-order chi connectivity index (χ0) is 14.5. The Hall–Kier alpha value is -1.37. The zero-order valence-electron chi connectivity index (χ0n) is 11.7. The largest absolute Gasteiger partial charge is 0.323 e. The Morgan fingerprint density at radius 2 is 2.25 bits per heavy atom. The third-order valence-electron chi connectivity index (χ3n) is 3.05. The minimum Gasteiger partial charge on any atom is -0.323 e. The summed E-state index contributed by atoms with van der Waals surface area (Å²) >= 11 is 1.66. The summed E-state index contributed by atoms with van der Waals surface area (Å²) in [5, 5.41) is 3.16. The lowest BCUT2D eigenvalue weighted by molar-refractivity contribution is 0.307. The third kappa shape index (κ3) is 4.33. The number of aromatic nitrogens is 2. The van der Waals surface area contributed by atoms with Crippen LogP contribution in [0.4, 0.5) is 4.39 Å². The average Bonchev–Trinajstić information content (AvgIpc) is 2.82. The monoisotopic (exact) mass is 294 g/mol. The van der Waals surface area contributed by atoms with Gasteiger partial charge in [0.1, 0.15) is 5.82 Å². The highest BCUT2D eigenvalue weighted by Gasteiger charge is 2.10. The van der Waals surface area contributed by atoms with E-state index in [4.69, 9.17) is 5.73 Å². The minimum atomic E-state index is -0.336. The number of halogens is 1. The van der Waals surface area contributed by atoms with Crippen LogP contribution in [0, 0.1) is 12.7 Å². The van der Waals surface area contributed by atoms with Crippen molar-refractivity contribution < 1.29 is 4.39 Å². The number of thiazole rings is 1. The molecule has 0 spiro atoms. The first-order chi connectivity index (χ1) is 9.54. The maximum absolute atomic E-state index is 12.8. The molecule has 2 aromatic rings. The average molecular weight is 294 g/mol. The second-order valence-corrected chi connectivity index (χ2v) is 5.95. The standard InChI is InChI=1S/C14H19FN4S/c1-10-18-12(9-20-10)8-19(2)6-5-13(16)14-4-3-11(15)7-17-14/h3-4,7,9,13H,5-6,8,16H2,1-2H3. The van der Waals surface area contributed by atoms with Gasteiger partial charge >= 0.3 is 0 Å². The van der Waals surface area contributed by atoms with Gasteiger partial charge in [0.15, 0.2) is 0 Å². The van der Waals surface area contributed by atoms with Crippen LogP contribution in [0.3, 0.4) is 0 Å². The molecule has 0 radical (unpaired) electrons. The van der Waals surface area contributed by atoms with Gasteiger partial charge in [0.25, 0.3) is 0 Å². The summed E-state index contributed by atoms with van der Waals surface area (Å²) in [5.74, 6) is -0.336. The van der Waals surface area contributed by atoms with E-state index in [0.717, 1.165) is 35.9 Å². The minimum absolute atomic E-state index is 0.171. The van der Waals surface area contributed by atoms with Gasteiger partial charge in [-0.1, -0.05) is 0 Å². The van der Waals surface area contributed by atoms with Crippen LogP contribution in [0.15, 0.2) is 23.7 Å². The Bertz CT molecular complexity index is 540. The van der Waals surface area contributed by atoms with Crippen molar-refractivity contribution in [2.24, 2.45) is 5.73 Å². The van der Waals surface area contributed by atoms with Crippen molar-refractivity contribution in [2.45, 2.75) is 25.9 Å². The highest BCUT2D eigenvalue weighted by atomic mass is 32.1. The van der Waals surface area contributed by atoms with Gasteiger partial charge in [0, 0.05) is 24.5 Å². The SMILES string of the molecule is Cc1nc(CN(C)CCC(N)c2ccc(F)cn2)cs1. The molecule has 4 nitrogen and oxygen atoms in total. The van der Waals surface area contributed by atoms with Crippen molar-refractivity contribution in [1.82, 2.24) is 14.9 Å². The molecule has 1 unspecified atom stereocenters. The molecule has 2 N–H and O–H groups in total. The van der Waals surface area contributed by atoms with E-state index in [-0.39, 0.29) is 11.9 Å². The van der Waals surface area contributed by atoms with Crippen LogP contribution >= 0.6 is 11.3 Å². The topological polar surface area (TPSA) is 55.0 Å². The molecule has 0 aliphatic heterocycles. The van der Waals surface area contributed by atoms with Gasteiger partial charge in [-0.2, -0.15) is 0 Å². The van der Waals surface area contributed by atoms with Crippen molar-refractivity contribution in [3.63, 3.8) is 0 Å². The van der Waals surface area contributed by atoms with Gasteiger partial charge in [0.05, 0.1) is 22.6 Å². The molecular weight excluding hydrogens is 275 g/mol. The normalized spacial score (nSPS) is 12.8. The van der Waals surface area contributed by atoms with Crippen LogP contribution < -0.4 is 5.73 Å². The second-order valence-electron chi connectivity index (χ2n) is 4.89. The molecule has 6 heteroatoms. The van der Waals surface area contributed by atoms with Crippen LogP contribution in [-0.2, 0) is 6.54 Å². The van der Waals surface area contributed by atoms with E-state index in [1.807, 2.05) is 14.0 Å². The molecule has 0 fully saturated rings. The molecule has 20 heavy (non-hydrogen) atoms. The first-order valence-corrected chi connectivity index (χ1v) is 7.39. The number of hydrogen-bond donors (Lipinski definition) is 1. The maximum Gasteiger partial charge on any atom is 0.141 e. The van der Waals surface area contributed by atoms with Crippen molar-refractivity contribution >= 4 is 11.3 Å². The molecule has 0 amide bonds. The molecule has 0 aliphatic rings. The molecule has 0 saturated carbocycles. The van der Waals surface area contributed by atoms with Gasteiger partial charge in [-0.15, -0.1) is 11.3 Å². The summed E-state index contributed by atoms with van der Waals surface area (Å²) in [4.78, 5) is 10.6. The zero-order valence-corrected chi connectivity index (χ0v) is 12.5. The van der Waals surface area contributed by atoms with E-state index in [2.05, 4.69) is 20.2 Å². The van der Waals surface area contributed by atoms with Crippen LogP contribution in [0.5, 0.6) is 0 Å². The molecule has 0 aromatic carbocycles. The molecule has 0 saturated heterocycles. The number of aryl methyl sites for hydroxylation is 1. The first kappa shape index (κ1) is 15.0. The fourth-order valence-electron chi connectivity index (χ4n) is 1.95. The Morgan fingerprint density at radius 3 is 2.85 bits per heavy atom. The van der Waals surface area contributed by atoms with Crippen molar-refractivity contribution in [2.75, 3.05) is 13.6 Å². The van der Waals surface area contributed by atoms with E-state index in [9.17, 15) is 4.39 Å². The molecule has 2 rings (SSSR count). The van der Waals surface area contributed by atoms with Crippen molar-refractivity contribution in [1.29, 1.82) is 0 Å². The predicted octanol–water partition coefficient (Wildman–Crippen LogP) is 2.51. The molecule has 2 heterocycles. The Kier molecular flexibility index (Phi) is 5.17. The number of rotatable bonds is 6. The highest BCUT2D eigenvalue weighted by Crippen LogP contribution is 2.14. The molecular formula is C14H19FN4S. The molecule has 1 atom stereocenters. The maximum atomic E-state index is 12.8. The summed E-state index contributed by atoms with van der Waals surface area (Å²) in [6, 6.07) is 2.86. The molecule has 0 aliphatic carbocycles. The second kappa shape index (κ2) is 6.88. The Labute approximate surface area is 122 Å². The third-order valence-corrected chi connectivity index (χ3v) is 3.87. The van der Waals surface area contributed by atoms with Gasteiger partial charge in [-0.25, -0.2) is 9.37 Å². The highest BCUT2D eigenvalue weighted by molar-refractivity contribution is 7.09. The van der Waals surface area contributed by atoms with Gasteiger partial charge in [-0.05, 0) is 32.5 Å². The summed E-state index contributed by atoms with van der Waals surface area (Å²) in [7, 11) is 2.04. The fraction of sp³-hybridized carbons (Fsp3) is 0.429. The van der Waals surface area contributed by atoms with Crippen LogP contribution in [0.2, 0.25) is 0 Å². The quantitative estimate of drug-likeness (QED) is 0.889. The van der Waals surface area contributed by atoms with E-state index in [1.165, 1.54) is 12.3 Å². The Balaban J connectivity index is 1.80. The predicted molar refractivity (Wildman–Crippen MR) is 78.9 cm³/mol. The first-order valence-electron chi connectivity index (χ1n) is 6.51. The Morgan fingerprint density at radius 1 is 1.45 bits per heavy atom. The molecule has 108 valence electrons. The summed E-state index contributed by atoms with van der Waals surface area (Å²) in [6.45, 7) is 3.66. The summed E-state index contributed by atoms with van der Waals surface area (Å²) in [5.41, 5.74) is 7.88. The van der Waals surface area contributed by atoms with E-state index >= 15 is 0 Å². The smallest absolute Gasteiger partial charge is 0.141 e. The molecule has 2 aromatic heterocycles. The van der Waals surface area contributed by atoms with Gasteiger partial charge in [-0.3, -0.25) is 4.98 Å². The molecule has 0 bridgehead atoms. The number of nitrogens with zero attached hydrogens (tertiary/aromatic N) is 3. The van der Waals surface area contributed by atoms with Crippen LogP contribution in [-0.4, -0.2) is 28.5 Å². The van der Waals surface area contributed by atoms with E-state index in [0.29, 0.717) is 0 Å². The summed E-state index contributed by atoms with van der Waals surface area (Å²) in [6.07, 6.45) is 1.98. The number of nitrogens with two attached hydrogens (primary N) is 1. The number of pyridine rings is 1. The van der Waals surface area contributed by atoms with Crippen molar-refractivity contribution in [3.8, 4) is 0 Å². The van der Waals surface area contributed by atoms with Gasteiger partial charge in [0.2, 0.25) is 0 Å². The van der Waals surface area contributed by atoms with Crippen LogP contribution in [0.25, 0.3) is 0 Å². The lowest BCUT2D eigenvalue weighted by Gasteiger charge is -2.18. The van der Waals surface area contributed by atoms with E-state index < -0.39 is 0 Å². The lowest BCUT2D eigenvalue weighted by Crippen LogP contribution is -2.24. The summed E-state index contributed by atoms with van der Waals surface area (Å²) < 4.78 is 12.8. The van der Waals surface area contributed by atoms with Crippen LogP contribution in [0.1, 0.15) is 28.9 Å². The number of hydrogen-bond acceptors (Lipinski definition) is 5. The van der Waals surface area contributed by atoms with Crippen molar-refractivity contribution in [3.05, 3.63) is 45.9 Å². The van der Waals surface area contributed by atoms with Gasteiger partial charge < -0.3 is 10.6 Å². The lowest BCUT2D eigenvalue weighted by atomic mass is 10.1. The fourth-order valence-corrected chi connectivity index (χ4v) is 2.55. The van der Waals surface area contributed by atoms with E-state index in [1.54, 1.807) is 17.4 Å².